The van der Waals surface area contributed by atoms with Crippen LogP contribution in [0.3, 0.4) is 0 Å². The molecule has 1 aliphatic heterocycles. The number of nitrogens with two attached hydrogens (primary N) is 1. The molecule has 0 spiro atoms. The third-order valence-corrected chi connectivity index (χ3v) is 6.51. The molecule has 2 N–H and O–H groups in total. The predicted octanol–water partition coefficient (Wildman–Crippen LogP) is 4.70. The lowest BCUT2D eigenvalue weighted by atomic mass is 9.88. The first kappa shape index (κ1) is 22.7. The predicted molar refractivity (Wildman–Crippen MR) is 121 cm³/mol. The number of halogens is 3. The lowest BCUT2D eigenvalue weighted by Gasteiger charge is -2.32. The van der Waals surface area contributed by atoms with Gasteiger partial charge >= 0.3 is 0 Å². The van der Waals surface area contributed by atoms with Crippen molar-refractivity contribution in [2.45, 2.75) is 31.8 Å². The average molecular weight is 462 g/mol. The van der Waals surface area contributed by atoms with E-state index >= 15 is 0 Å². The summed E-state index contributed by atoms with van der Waals surface area (Å²) in [7, 11) is 1.58. The summed E-state index contributed by atoms with van der Waals surface area (Å²) in [5, 5.41) is 0.605. The zero-order chi connectivity index (χ0) is 22.8. The molecule has 1 saturated heterocycles. The highest BCUT2D eigenvalue weighted by Crippen LogP contribution is 2.34. The number of benzene rings is 2. The van der Waals surface area contributed by atoms with Gasteiger partial charge < -0.3 is 19.9 Å². The van der Waals surface area contributed by atoms with Crippen molar-refractivity contribution in [2.24, 2.45) is 5.73 Å². The summed E-state index contributed by atoms with van der Waals surface area (Å²) < 4.78 is 36.0. The summed E-state index contributed by atoms with van der Waals surface area (Å²) >= 11 is 6.35. The highest BCUT2D eigenvalue weighted by Gasteiger charge is 2.29. The Labute approximate surface area is 190 Å². The number of carbonyl (C=O) groups is 1. The van der Waals surface area contributed by atoms with Crippen LogP contribution in [0.25, 0.3) is 10.9 Å². The van der Waals surface area contributed by atoms with Crippen molar-refractivity contribution < 1.29 is 18.3 Å². The SMILES string of the molecule is COCCn1cc(C(=O)N2CCC(c3cc(CN)ccc3F)CC2)c2c(F)ccc(Cl)c21. The maximum Gasteiger partial charge on any atom is 0.256 e. The second-order valence-corrected chi connectivity index (χ2v) is 8.52. The summed E-state index contributed by atoms with van der Waals surface area (Å²) in [6.45, 7) is 2.13. The maximum atomic E-state index is 14.8. The van der Waals surface area contributed by atoms with Crippen LogP contribution in [0.15, 0.2) is 36.5 Å². The number of likely N-dealkylation sites (tertiary alicyclic amines) is 1. The largest absolute Gasteiger partial charge is 0.383 e. The lowest BCUT2D eigenvalue weighted by molar-refractivity contribution is 0.0713. The number of nitrogens with zero attached hydrogens (tertiary/aromatic N) is 2. The Bertz CT molecular complexity index is 1140. The van der Waals surface area contributed by atoms with E-state index in [4.69, 9.17) is 22.1 Å². The van der Waals surface area contributed by atoms with Gasteiger partial charge in [-0.05, 0) is 48.1 Å². The molecule has 1 aliphatic rings. The van der Waals surface area contributed by atoms with Gasteiger partial charge in [0.25, 0.3) is 5.91 Å². The summed E-state index contributed by atoms with van der Waals surface area (Å²) in [6.07, 6.45) is 2.90. The Morgan fingerprint density at radius 2 is 1.91 bits per heavy atom. The first-order chi connectivity index (χ1) is 15.4. The van der Waals surface area contributed by atoms with Gasteiger partial charge in [0.2, 0.25) is 0 Å². The van der Waals surface area contributed by atoms with E-state index in [0.29, 0.717) is 61.7 Å². The van der Waals surface area contributed by atoms with Crippen LogP contribution in [0, 0.1) is 11.6 Å². The molecule has 1 amide bonds. The number of piperidine rings is 1. The van der Waals surface area contributed by atoms with E-state index in [1.807, 2.05) is 6.07 Å². The van der Waals surface area contributed by atoms with E-state index in [0.717, 1.165) is 5.56 Å². The highest BCUT2D eigenvalue weighted by atomic mass is 35.5. The van der Waals surface area contributed by atoms with Crippen LogP contribution in [0.4, 0.5) is 8.78 Å². The van der Waals surface area contributed by atoms with E-state index in [2.05, 4.69) is 0 Å². The van der Waals surface area contributed by atoms with Crippen molar-refractivity contribution in [3.05, 3.63) is 69.9 Å². The zero-order valence-corrected chi connectivity index (χ0v) is 18.7. The summed E-state index contributed by atoms with van der Waals surface area (Å²) in [6, 6.07) is 7.74. The Kier molecular flexibility index (Phi) is 6.79. The molecule has 8 heteroatoms. The molecule has 0 saturated carbocycles. The molecule has 0 bridgehead atoms. The van der Waals surface area contributed by atoms with Crippen molar-refractivity contribution in [1.29, 1.82) is 0 Å². The number of amides is 1. The lowest BCUT2D eigenvalue weighted by Crippen LogP contribution is -2.38. The van der Waals surface area contributed by atoms with E-state index in [9.17, 15) is 13.6 Å². The van der Waals surface area contributed by atoms with Crippen molar-refractivity contribution in [1.82, 2.24) is 9.47 Å². The Hall–Kier alpha value is -2.48. The van der Waals surface area contributed by atoms with Crippen LogP contribution in [0.2, 0.25) is 5.02 Å². The van der Waals surface area contributed by atoms with Crippen LogP contribution < -0.4 is 5.73 Å². The Balaban J connectivity index is 1.58. The summed E-state index contributed by atoms with van der Waals surface area (Å²) in [5.41, 5.74) is 8.00. The second-order valence-electron chi connectivity index (χ2n) is 8.11. The Morgan fingerprint density at radius 3 is 2.59 bits per heavy atom. The molecular weight excluding hydrogens is 436 g/mol. The van der Waals surface area contributed by atoms with Crippen molar-refractivity contribution in [2.75, 3.05) is 26.8 Å². The third kappa shape index (κ3) is 4.25. The number of hydrogen-bond donors (Lipinski definition) is 1. The number of carbonyl (C=O) groups excluding carboxylic acids is 1. The molecule has 0 unspecified atom stereocenters. The molecule has 3 aromatic rings. The molecule has 0 radical (unpaired) electrons. The molecule has 2 heterocycles. The van der Waals surface area contributed by atoms with Gasteiger partial charge in [-0.2, -0.15) is 0 Å². The van der Waals surface area contributed by atoms with Gasteiger partial charge in [-0.25, -0.2) is 8.78 Å². The second kappa shape index (κ2) is 9.57. The molecule has 2 aromatic carbocycles. The fourth-order valence-corrected chi connectivity index (χ4v) is 4.75. The van der Waals surface area contributed by atoms with E-state index in [1.165, 1.54) is 18.2 Å². The maximum absolute atomic E-state index is 14.8. The van der Waals surface area contributed by atoms with Gasteiger partial charge in [-0.3, -0.25) is 4.79 Å². The first-order valence-electron chi connectivity index (χ1n) is 10.7. The summed E-state index contributed by atoms with van der Waals surface area (Å²) in [5.74, 6) is -0.967. The van der Waals surface area contributed by atoms with Crippen LogP contribution in [-0.2, 0) is 17.8 Å². The quantitative estimate of drug-likeness (QED) is 0.579. The third-order valence-electron chi connectivity index (χ3n) is 6.20. The minimum absolute atomic E-state index is 0.0137. The molecule has 0 aliphatic carbocycles. The minimum Gasteiger partial charge on any atom is -0.383 e. The molecule has 1 fully saturated rings. The van der Waals surface area contributed by atoms with E-state index in [1.54, 1.807) is 28.8 Å². The van der Waals surface area contributed by atoms with Crippen LogP contribution in [-0.4, -0.2) is 42.2 Å². The van der Waals surface area contributed by atoms with Crippen LogP contribution >= 0.6 is 11.6 Å². The van der Waals surface area contributed by atoms with Gasteiger partial charge in [0, 0.05) is 44.9 Å². The smallest absolute Gasteiger partial charge is 0.256 e. The fraction of sp³-hybridized carbons (Fsp3) is 0.375. The topological polar surface area (TPSA) is 60.5 Å². The number of methoxy groups -OCH3 is 1. The molecule has 32 heavy (non-hydrogen) atoms. The van der Waals surface area contributed by atoms with Gasteiger partial charge in [-0.1, -0.05) is 23.7 Å². The van der Waals surface area contributed by atoms with Crippen molar-refractivity contribution >= 4 is 28.4 Å². The first-order valence-corrected chi connectivity index (χ1v) is 11.1. The zero-order valence-electron chi connectivity index (χ0n) is 17.9. The molecule has 5 nitrogen and oxygen atoms in total. The number of fused-ring (bicyclic) bond motifs is 1. The monoisotopic (exact) mass is 461 g/mol. The normalized spacial score (nSPS) is 15.0. The number of hydrogen-bond acceptors (Lipinski definition) is 3. The molecule has 170 valence electrons. The number of aromatic nitrogens is 1. The van der Waals surface area contributed by atoms with E-state index < -0.39 is 5.82 Å². The minimum atomic E-state index is -0.487. The summed E-state index contributed by atoms with van der Waals surface area (Å²) in [4.78, 5) is 15.1. The highest BCUT2D eigenvalue weighted by molar-refractivity contribution is 6.35. The van der Waals surface area contributed by atoms with Gasteiger partial charge in [0.15, 0.2) is 0 Å². The number of rotatable bonds is 6. The van der Waals surface area contributed by atoms with Crippen molar-refractivity contribution in [3.63, 3.8) is 0 Å². The molecule has 0 atom stereocenters. The van der Waals surface area contributed by atoms with Gasteiger partial charge in [0.1, 0.15) is 11.6 Å². The molecule has 1 aromatic heterocycles. The molecular formula is C24H26ClF2N3O2. The standard InChI is InChI=1S/C24H26ClF2N3O2/c1-32-11-10-30-14-18(22-21(27)5-3-19(25)23(22)30)24(31)29-8-6-16(7-9-29)17-12-15(13-28)2-4-20(17)26/h2-5,12,14,16H,6-11,13,28H2,1H3. The van der Waals surface area contributed by atoms with Gasteiger partial charge in [-0.15, -0.1) is 0 Å². The molecule has 4 rings (SSSR count). The van der Waals surface area contributed by atoms with Crippen molar-refractivity contribution in [3.8, 4) is 0 Å². The average Bonchev–Trinajstić information content (AvgIpc) is 3.21. The Morgan fingerprint density at radius 1 is 1.19 bits per heavy atom. The van der Waals surface area contributed by atoms with E-state index in [-0.39, 0.29) is 28.6 Å². The fourth-order valence-electron chi connectivity index (χ4n) is 4.49. The number of ether oxygens (including phenoxy) is 1. The van der Waals surface area contributed by atoms with Gasteiger partial charge in [0.05, 0.1) is 22.7 Å². The van der Waals surface area contributed by atoms with Crippen LogP contribution in [0.5, 0.6) is 0 Å². The van der Waals surface area contributed by atoms with Crippen LogP contribution in [0.1, 0.15) is 40.2 Å².